The second-order valence-electron chi connectivity index (χ2n) is 7.76. The molecule has 0 bridgehead atoms. The maximum Gasteiger partial charge on any atom is 0.279 e. The van der Waals surface area contributed by atoms with Crippen molar-refractivity contribution in [2.75, 3.05) is 18.4 Å². The molecule has 0 unspecified atom stereocenters. The van der Waals surface area contributed by atoms with Crippen molar-refractivity contribution < 1.29 is 30.8 Å². The van der Waals surface area contributed by atoms with Crippen LogP contribution < -0.4 is 14.7 Å². The van der Waals surface area contributed by atoms with Gasteiger partial charge in [0.2, 0.25) is 10.0 Å². The number of carbonyl (C=O) groups excluding carboxylic acids is 1. The predicted molar refractivity (Wildman–Crippen MR) is 137 cm³/mol. The molecule has 0 saturated heterocycles. The molecule has 0 aliphatic rings. The van der Waals surface area contributed by atoms with Gasteiger partial charge in [0, 0.05) is 24.9 Å². The third-order valence-electron chi connectivity index (χ3n) is 5.18. The number of hydrogen-bond acceptors (Lipinski definition) is 7. The Bertz CT molecular complexity index is 1760. The number of thiazole rings is 1. The van der Waals surface area contributed by atoms with E-state index in [1.54, 1.807) is 10.6 Å². The fourth-order valence-electron chi connectivity index (χ4n) is 3.41. The van der Waals surface area contributed by atoms with E-state index in [2.05, 4.69) is 9.71 Å². The number of benzene rings is 3. The molecule has 0 saturated carbocycles. The Morgan fingerprint density at radius 1 is 1.05 bits per heavy atom. The SMILES string of the molecule is COCCn1c(=NC(=O)c2cccc(NS(=O)(=O)c3ccc(F)cc3)c2)sc2cc(S(N)(=O)=O)ccc21. The number of amides is 1. The van der Waals surface area contributed by atoms with Gasteiger partial charge in [0.15, 0.2) is 4.80 Å². The molecule has 4 aromatic rings. The number of methoxy groups -OCH3 is 1. The average Bonchev–Trinajstić information content (AvgIpc) is 3.18. The molecule has 0 aliphatic heterocycles. The van der Waals surface area contributed by atoms with E-state index in [1.807, 2.05) is 0 Å². The zero-order valence-corrected chi connectivity index (χ0v) is 21.7. The first kappa shape index (κ1) is 26.6. The van der Waals surface area contributed by atoms with Crippen molar-refractivity contribution in [2.24, 2.45) is 10.1 Å². The van der Waals surface area contributed by atoms with Crippen LogP contribution in [0.4, 0.5) is 10.1 Å². The second-order valence-corrected chi connectivity index (χ2v) is 12.0. The molecule has 3 N–H and O–H groups in total. The molecule has 37 heavy (non-hydrogen) atoms. The van der Waals surface area contributed by atoms with E-state index >= 15 is 0 Å². The number of nitrogens with one attached hydrogen (secondary N) is 1. The van der Waals surface area contributed by atoms with Crippen molar-refractivity contribution in [1.29, 1.82) is 0 Å². The fourth-order valence-corrected chi connectivity index (χ4v) is 6.17. The van der Waals surface area contributed by atoms with E-state index in [9.17, 15) is 26.0 Å². The molecule has 0 spiro atoms. The Hall–Kier alpha value is -3.43. The van der Waals surface area contributed by atoms with Crippen LogP contribution in [0, 0.1) is 5.82 Å². The highest BCUT2D eigenvalue weighted by molar-refractivity contribution is 7.92. The molecule has 10 nitrogen and oxygen atoms in total. The molecule has 14 heteroatoms. The van der Waals surface area contributed by atoms with E-state index in [-0.39, 0.29) is 21.0 Å². The van der Waals surface area contributed by atoms with Crippen LogP contribution in [0.5, 0.6) is 0 Å². The van der Waals surface area contributed by atoms with Crippen LogP contribution in [0.3, 0.4) is 0 Å². The summed E-state index contributed by atoms with van der Waals surface area (Å²) in [4.78, 5) is 17.3. The van der Waals surface area contributed by atoms with Gasteiger partial charge >= 0.3 is 0 Å². The molecule has 0 radical (unpaired) electrons. The topological polar surface area (TPSA) is 150 Å². The first-order valence-corrected chi connectivity index (χ1v) is 14.5. The van der Waals surface area contributed by atoms with E-state index in [0.717, 1.165) is 35.6 Å². The molecule has 1 amide bonds. The van der Waals surface area contributed by atoms with Crippen molar-refractivity contribution in [3.8, 4) is 0 Å². The Morgan fingerprint density at radius 2 is 1.76 bits per heavy atom. The van der Waals surface area contributed by atoms with Gasteiger partial charge in [0.1, 0.15) is 5.82 Å². The molecular formula is C23H21FN4O6S3. The van der Waals surface area contributed by atoms with Crippen LogP contribution in [-0.4, -0.2) is 41.0 Å². The van der Waals surface area contributed by atoms with Gasteiger partial charge < -0.3 is 9.30 Å². The Morgan fingerprint density at radius 3 is 2.43 bits per heavy atom. The number of sulfonamides is 2. The monoisotopic (exact) mass is 564 g/mol. The van der Waals surface area contributed by atoms with Gasteiger partial charge in [-0.2, -0.15) is 4.99 Å². The summed E-state index contributed by atoms with van der Waals surface area (Å²) < 4.78 is 71.7. The summed E-state index contributed by atoms with van der Waals surface area (Å²) >= 11 is 1.10. The van der Waals surface area contributed by atoms with E-state index in [4.69, 9.17) is 9.88 Å². The average molecular weight is 565 g/mol. The van der Waals surface area contributed by atoms with Gasteiger partial charge in [-0.05, 0) is 60.7 Å². The highest BCUT2D eigenvalue weighted by atomic mass is 32.2. The lowest BCUT2D eigenvalue weighted by Gasteiger charge is -2.09. The predicted octanol–water partition coefficient (Wildman–Crippen LogP) is 2.68. The minimum Gasteiger partial charge on any atom is -0.383 e. The summed E-state index contributed by atoms with van der Waals surface area (Å²) in [5.41, 5.74) is 0.869. The van der Waals surface area contributed by atoms with E-state index < -0.39 is 31.8 Å². The standard InChI is InChI=1S/C23H21FN4O6S3/c1-34-12-11-28-20-10-9-19(36(25,30)31)14-21(20)35-23(28)26-22(29)15-3-2-4-17(13-15)27-37(32,33)18-7-5-16(24)6-8-18/h2-10,13-14,27H,11-12H2,1H3,(H2,25,30,31). The number of anilines is 1. The first-order valence-electron chi connectivity index (χ1n) is 10.6. The summed E-state index contributed by atoms with van der Waals surface area (Å²) in [7, 11) is -6.42. The molecule has 0 atom stereocenters. The third kappa shape index (κ3) is 6.11. The summed E-state index contributed by atoms with van der Waals surface area (Å²) in [6.45, 7) is 0.652. The minimum atomic E-state index is -4.02. The summed E-state index contributed by atoms with van der Waals surface area (Å²) in [6, 6.07) is 14.4. The molecule has 194 valence electrons. The zero-order valence-electron chi connectivity index (χ0n) is 19.3. The highest BCUT2D eigenvalue weighted by Crippen LogP contribution is 2.22. The molecule has 0 aliphatic carbocycles. The van der Waals surface area contributed by atoms with Crippen molar-refractivity contribution in [2.45, 2.75) is 16.3 Å². The van der Waals surface area contributed by atoms with Crippen LogP contribution in [-0.2, 0) is 31.3 Å². The quantitative estimate of drug-likeness (QED) is 0.336. The second kappa shape index (κ2) is 10.5. The summed E-state index contributed by atoms with van der Waals surface area (Å²) in [5, 5.41) is 5.24. The van der Waals surface area contributed by atoms with Crippen molar-refractivity contribution in [1.82, 2.24) is 4.57 Å². The van der Waals surface area contributed by atoms with Crippen molar-refractivity contribution >= 4 is 53.2 Å². The fraction of sp³-hybridized carbons (Fsp3) is 0.130. The van der Waals surface area contributed by atoms with Gasteiger partial charge in [-0.15, -0.1) is 0 Å². The van der Waals surface area contributed by atoms with Gasteiger partial charge in [-0.3, -0.25) is 9.52 Å². The number of aromatic nitrogens is 1. The number of carbonyl (C=O) groups is 1. The molecule has 1 heterocycles. The number of rotatable bonds is 8. The maximum atomic E-state index is 13.2. The van der Waals surface area contributed by atoms with Crippen molar-refractivity contribution in [3.05, 3.63) is 82.9 Å². The van der Waals surface area contributed by atoms with E-state index in [1.165, 1.54) is 43.5 Å². The Balaban J connectivity index is 1.70. The Labute approximate surface area is 216 Å². The normalized spacial score (nSPS) is 12.7. The van der Waals surface area contributed by atoms with E-state index in [0.29, 0.717) is 28.2 Å². The van der Waals surface area contributed by atoms with Crippen LogP contribution >= 0.6 is 11.3 Å². The summed E-state index contributed by atoms with van der Waals surface area (Å²) in [5.74, 6) is -1.22. The Kier molecular flexibility index (Phi) is 7.57. The number of halogens is 1. The summed E-state index contributed by atoms with van der Waals surface area (Å²) in [6.07, 6.45) is 0. The third-order valence-corrected chi connectivity index (χ3v) is 8.53. The number of nitrogens with two attached hydrogens (primary N) is 1. The highest BCUT2D eigenvalue weighted by Gasteiger charge is 2.16. The van der Waals surface area contributed by atoms with Gasteiger partial charge in [0.25, 0.3) is 15.9 Å². The zero-order chi connectivity index (χ0) is 26.8. The van der Waals surface area contributed by atoms with Crippen LogP contribution in [0.25, 0.3) is 10.2 Å². The smallest absolute Gasteiger partial charge is 0.279 e. The lowest BCUT2D eigenvalue weighted by Crippen LogP contribution is -2.19. The van der Waals surface area contributed by atoms with Gasteiger partial charge in [-0.25, -0.2) is 26.4 Å². The van der Waals surface area contributed by atoms with Gasteiger partial charge in [0.05, 0.1) is 26.6 Å². The number of nitrogens with zero attached hydrogens (tertiary/aromatic N) is 2. The molecular weight excluding hydrogens is 543 g/mol. The molecule has 1 aromatic heterocycles. The molecule has 3 aromatic carbocycles. The van der Waals surface area contributed by atoms with Crippen molar-refractivity contribution in [3.63, 3.8) is 0 Å². The number of ether oxygens (including phenoxy) is 1. The number of hydrogen-bond donors (Lipinski definition) is 2. The first-order chi connectivity index (χ1) is 17.5. The number of primary sulfonamides is 1. The lowest BCUT2D eigenvalue weighted by molar-refractivity contribution is 0.0997. The molecule has 0 fully saturated rings. The largest absolute Gasteiger partial charge is 0.383 e. The number of fused-ring (bicyclic) bond motifs is 1. The van der Waals surface area contributed by atoms with Gasteiger partial charge in [-0.1, -0.05) is 17.4 Å². The van der Waals surface area contributed by atoms with Crippen LogP contribution in [0.2, 0.25) is 0 Å². The maximum absolute atomic E-state index is 13.2. The lowest BCUT2D eigenvalue weighted by atomic mass is 10.2. The molecule has 4 rings (SSSR count). The van der Waals surface area contributed by atoms with Crippen LogP contribution in [0.1, 0.15) is 10.4 Å². The van der Waals surface area contributed by atoms with Crippen LogP contribution in [0.15, 0.2) is 81.5 Å². The minimum absolute atomic E-state index is 0.0702.